The van der Waals surface area contributed by atoms with Crippen molar-refractivity contribution in [2.45, 2.75) is 33.0 Å². The third kappa shape index (κ3) is 4.34. The summed E-state index contributed by atoms with van der Waals surface area (Å²) in [4.78, 5) is 18.0. The summed E-state index contributed by atoms with van der Waals surface area (Å²) in [6, 6.07) is 7.78. The quantitative estimate of drug-likeness (QED) is 0.693. The van der Waals surface area contributed by atoms with Crippen LogP contribution in [0.15, 0.2) is 36.7 Å². The van der Waals surface area contributed by atoms with Gasteiger partial charge in [-0.1, -0.05) is 29.8 Å². The van der Waals surface area contributed by atoms with Crippen LogP contribution < -0.4 is 5.32 Å². The number of carbonyl (C=O) groups is 1. The van der Waals surface area contributed by atoms with E-state index in [1.165, 1.54) is 4.90 Å². The number of anilines is 1. The molecule has 1 aliphatic heterocycles. The van der Waals surface area contributed by atoms with E-state index >= 15 is 0 Å². The lowest BCUT2D eigenvalue weighted by Crippen LogP contribution is -2.46. The molecule has 30 heavy (non-hydrogen) atoms. The minimum atomic E-state index is -1.14. The lowest BCUT2D eigenvalue weighted by molar-refractivity contribution is 0.0544. The van der Waals surface area contributed by atoms with E-state index < -0.39 is 12.3 Å². The lowest BCUT2D eigenvalue weighted by atomic mass is 9.95. The molecule has 2 aromatic heterocycles. The number of likely N-dealkylation sites (tertiary alicyclic amines) is 1. The summed E-state index contributed by atoms with van der Waals surface area (Å²) in [5.41, 5.74) is 2.67. The minimum Gasteiger partial charge on any atom is -0.445 e. The smallest absolute Gasteiger partial charge is 0.410 e. The molecule has 1 amide bonds. The molecule has 8 nitrogen and oxygen atoms in total. The van der Waals surface area contributed by atoms with Crippen LogP contribution in [0.4, 0.5) is 15.0 Å². The van der Waals surface area contributed by atoms with Gasteiger partial charge >= 0.3 is 6.09 Å². The Morgan fingerprint density at radius 3 is 2.83 bits per heavy atom. The summed E-state index contributed by atoms with van der Waals surface area (Å²) >= 11 is 0. The topological polar surface area (TPSA) is 84.7 Å². The van der Waals surface area contributed by atoms with Gasteiger partial charge in [-0.2, -0.15) is 0 Å². The zero-order valence-corrected chi connectivity index (χ0v) is 17.1. The highest BCUT2D eigenvalue weighted by Crippen LogP contribution is 2.23. The van der Waals surface area contributed by atoms with E-state index in [-0.39, 0.29) is 19.1 Å². The molecule has 9 heteroatoms. The normalized spacial score (nSPS) is 19.1. The van der Waals surface area contributed by atoms with Crippen molar-refractivity contribution in [3.8, 4) is 0 Å². The number of nitrogens with one attached hydrogen (secondary N) is 1. The van der Waals surface area contributed by atoms with Gasteiger partial charge in [-0.05, 0) is 25.8 Å². The van der Waals surface area contributed by atoms with Crippen LogP contribution in [0.5, 0.6) is 0 Å². The van der Waals surface area contributed by atoms with Crippen molar-refractivity contribution < 1.29 is 13.9 Å². The Morgan fingerprint density at radius 2 is 2.07 bits per heavy atom. The highest BCUT2D eigenvalue weighted by Gasteiger charge is 2.32. The third-order valence-corrected chi connectivity index (χ3v) is 5.45. The van der Waals surface area contributed by atoms with Crippen molar-refractivity contribution in [1.82, 2.24) is 24.5 Å². The highest BCUT2D eigenvalue weighted by atomic mass is 19.1. The molecule has 3 aromatic rings. The summed E-state index contributed by atoms with van der Waals surface area (Å²) < 4.78 is 21.9. The molecule has 0 bridgehead atoms. The van der Waals surface area contributed by atoms with Crippen LogP contribution in [0, 0.1) is 19.8 Å². The van der Waals surface area contributed by atoms with Gasteiger partial charge in [0.25, 0.3) is 0 Å². The number of piperidine rings is 1. The van der Waals surface area contributed by atoms with Crippen LogP contribution in [0.1, 0.15) is 23.4 Å². The number of hydrogen-bond donors (Lipinski definition) is 1. The fraction of sp³-hybridized carbons (Fsp3) is 0.429. The molecule has 1 N–H and O–H groups in total. The molecule has 2 atom stereocenters. The molecule has 1 saturated heterocycles. The molecule has 1 aromatic carbocycles. The fourth-order valence-corrected chi connectivity index (χ4v) is 3.56. The SMILES string of the molecule is Cc1ccc(COC(=O)N2CCC(CNc3nccn4c(C)nnc34)C(F)C2)cc1. The predicted molar refractivity (Wildman–Crippen MR) is 110 cm³/mol. The van der Waals surface area contributed by atoms with Gasteiger partial charge in [0, 0.05) is 31.4 Å². The van der Waals surface area contributed by atoms with E-state index in [1.807, 2.05) is 42.5 Å². The Hall–Kier alpha value is -3.23. The maximum atomic E-state index is 14.7. The zero-order chi connectivity index (χ0) is 21.1. The monoisotopic (exact) mass is 412 g/mol. The number of amides is 1. The molecule has 3 heterocycles. The molecule has 0 saturated carbocycles. The molecular formula is C21H25FN6O2. The Labute approximate surface area is 174 Å². The number of aromatic nitrogens is 4. The van der Waals surface area contributed by atoms with Gasteiger partial charge in [-0.3, -0.25) is 4.40 Å². The van der Waals surface area contributed by atoms with E-state index in [9.17, 15) is 9.18 Å². The first-order chi connectivity index (χ1) is 14.5. The first-order valence-corrected chi connectivity index (χ1v) is 10.0. The summed E-state index contributed by atoms with van der Waals surface area (Å²) in [7, 11) is 0. The van der Waals surface area contributed by atoms with E-state index in [0.717, 1.165) is 17.0 Å². The van der Waals surface area contributed by atoms with Crippen molar-refractivity contribution in [2.75, 3.05) is 25.0 Å². The van der Waals surface area contributed by atoms with Crippen LogP contribution >= 0.6 is 0 Å². The van der Waals surface area contributed by atoms with Gasteiger partial charge in [-0.15, -0.1) is 10.2 Å². The van der Waals surface area contributed by atoms with Crippen molar-refractivity contribution in [3.63, 3.8) is 0 Å². The maximum absolute atomic E-state index is 14.7. The molecule has 1 aliphatic rings. The number of alkyl halides is 1. The van der Waals surface area contributed by atoms with Gasteiger partial charge < -0.3 is 15.0 Å². The first-order valence-electron chi connectivity index (χ1n) is 10.0. The molecule has 0 aliphatic carbocycles. The third-order valence-electron chi connectivity index (χ3n) is 5.45. The first kappa shape index (κ1) is 20.1. The van der Waals surface area contributed by atoms with Gasteiger partial charge in [-0.25, -0.2) is 14.2 Å². The van der Waals surface area contributed by atoms with Crippen LogP contribution in [-0.4, -0.2) is 56.4 Å². The number of halogens is 1. The summed E-state index contributed by atoms with van der Waals surface area (Å²) in [5.74, 6) is 1.11. The van der Waals surface area contributed by atoms with Gasteiger partial charge in [0.05, 0.1) is 6.54 Å². The lowest BCUT2D eigenvalue weighted by Gasteiger charge is -2.34. The average molecular weight is 412 g/mol. The summed E-state index contributed by atoms with van der Waals surface area (Å²) in [6.45, 7) is 4.94. The highest BCUT2D eigenvalue weighted by molar-refractivity contribution is 5.68. The second-order valence-electron chi connectivity index (χ2n) is 7.65. The minimum absolute atomic E-state index is 0.0285. The maximum Gasteiger partial charge on any atom is 0.410 e. The number of hydrogen-bond acceptors (Lipinski definition) is 6. The number of ether oxygens (including phenoxy) is 1. The molecule has 2 unspecified atom stereocenters. The number of carbonyl (C=O) groups excluding carboxylic acids is 1. The molecule has 0 radical (unpaired) electrons. The van der Waals surface area contributed by atoms with Gasteiger partial charge in [0.15, 0.2) is 5.82 Å². The van der Waals surface area contributed by atoms with Gasteiger partial charge in [0.2, 0.25) is 5.65 Å². The number of aryl methyl sites for hydroxylation is 2. The van der Waals surface area contributed by atoms with Crippen LogP contribution in [0.2, 0.25) is 0 Å². The molecule has 158 valence electrons. The van der Waals surface area contributed by atoms with Gasteiger partial charge in [0.1, 0.15) is 18.6 Å². The Kier molecular flexibility index (Phi) is 5.78. The second kappa shape index (κ2) is 8.64. The predicted octanol–water partition coefficient (Wildman–Crippen LogP) is 3.15. The van der Waals surface area contributed by atoms with E-state index in [2.05, 4.69) is 20.5 Å². The van der Waals surface area contributed by atoms with Crippen molar-refractivity contribution in [3.05, 3.63) is 53.6 Å². The second-order valence-corrected chi connectivity index (χ2v) is 7.65. The fourth-order valence-electron chi connectivity index (χ4n) is 3.56. The standard InChI is InChI=1S/C21H25FN6O2/c1-14-3-5-16(6-4-14)13-30-21(29)27-9-7-17(18(22)12-27)11-24-19-20-26-25-15(2)28(20)10-8-23-19/h3-6,8,10,17-18H,7,9,11-13H2,1-2H3,(H,23,24). The summed E-state index contributed by atoms with van der Waals surface area (Å²) in [5, 5.41) is 11.3. The number of rotatable bonds is 5. The van der Waals surface area contributed by atoms with Crippen LogP contribution in [-0.2, 0) is 11.3 Å². The average Bonchev–Trinajstić information content (AvgIpc) is 3.14. The number of benzene rings is 1. The number of fused-ring (bicyclic) bond motifs is 1. The van der Waals surface area contributed by atoms with Crippen LogP contribution in [0.3, 0.4) is 0 Å². The molecular weight excluding hydrogens is 387 g/mol. The summed E-state index contributed by atoms with van der Waals surface area (Å²) in [6.07, 6.45) is 2.37. The zero-order valence-electron chi connectivity index (χ0n) is 17.1. The van der Waals surface area contributed by atoms with E-state index in [4.69, 9.17) is 4.74 Å². The molecule has 4 rings (SSSR count). The number of nitrogens with zero attached hydrogens (tertiary/aromatic N) is 5. The Balaban J connectivity index is 1.28. The van der Waals surface area contributed by atoms with Crippen molar-refractivity contribution in [2.24, 2.45) is 5.92 Å². The van der Waals surface area contributed by atoms with Crippen molar-refractivity contribution >= 4 is 17.6 Å². The molecule has 0 spiro atoms. The Morgan fingerprint density at radius 1 is 1.27 bits per heavy atom. The van der Waals surface area contributed by atoms with Crippen molar-refractivity contribution in [1.29, 1.82) is 0 Å². The largest absolute Gasteiger partial charge is 0.445 e. The van der Waals surface area contributed by atoms with Crippen LogP contribution in [0.25, 0.3) is 5.65 Å². The van der Waals surface area contributed by atoms with E-state index in [0.29, 0.717) is 31.0 Å². The van der Waals surface area contributed by atoms with E-state index in [1.54, 1.807) is 12.4 Å². The molecule has 1 fully saturated rings. The Bertz CT molecular complexity index is 1020.